The molecule has 0 spiro atoms. The molecule has 3 rings (SSSR count). The first kappa shape index (κ1) is 21.1. The Balaban J connectivity index is 1.87. The van der Waals surface area contributed by atoms with Crippen LogP contribution in [-0.2, 0) is 26.0 Å². The van der Waals surface area contributed by atoms with Crippen LogP contribution in [0.1, 0.15) is 15.9 Å². The number of rotatable bonds is 10. The van der Waals surface area contributed by atoms with Crippen LogP contribution in [0.2, 0.25) is 0 Å². The third-order valence-electron chi connectivity index (χ3n) is 4.38. The minimum atomic E-state index is -4.09. The number of methoxy groups -OCH3 is 2. The zero-order chi connectivity index (χ0) is 20.9. The van der Waals surface area contributed by atoms with Gasteiger partial charge in [-0.25, -0.2) is 12.7 Å². The van der Waals surface area contributed by atoms with Gasteiger partial charge in [0.1, 0.15) is 28.6 Å². The van der Waals surface area contributed by atoms with Crippen molar-refractivity contribution in [1.82, 2.24) is 4.31 Å². The molecule has 2 aromatic carbocycles. The van der Waals surface area contributed by atoms with Crippen LogP contribution in [0, 0.1) is 0 Å². The van der Waals surface area contributed by atoms with E-state index in [1.165, 1.54) is 19.2 Å². The molecule has 1 aliphatic rings. The van der Waals surface area contributed by atoms with Crippen LogP contribution in [0.25, 0.3) is 0 Å². The lowest BCUT2D eigenvalue weighted by atomic mass is 10.1. The van der Waals surface area contributed by atoms with Gasteiger partial charge < -0.3 is 18.9 Å². The minimum absolute atomic E-state index is 0.0127. The van der Waals surface area contributed by atoms with Gasteiger partial charge in [-0.2, -0.15) is 0 Å². The van der Waals surface area contributed by atoms with E-state index in [4.69, 9.17) is 18.9 Å². The van der Waals surface area contributed by atoms with Gasteiger partial charge in [-0.05, 0) is 17.7 Å². The van der Waals surface area contributed by atoms with E-state index < -0.39 is 15.9 Å². The van der Waals surface area contributed by atoms with E-state index in [1.807, 2.05) is 6.07 Å². The summed E-state index contributed by atoms with van der Waals surface area (Å²) in [6, 6.07) is 11.9. The van der Waals surface area contributed by atoms with Crippen LogP contribution in [0.5, 0.6) is 11.5 Å². The highest BCUT2D eigenvalue weighted by Crippen LogP contribution is 2.42. The minimum Gasteiger partial charge on any atom is -0.496 e. The monoisotopic (exact) mass is 421 g/mol. The number of ether oxygens (including phenoxy) is 4. The molecule has 0 unspecified atom stereocenters. The number of carbonyl (C=O) groups is 1. The lowest BCUT2D eigenvalue weighted by molar-refractivity contribution is 0.0539. The van der Waals surface area contributed by atoms with Gasteiger partial charge in [-0.3, -0.25) is 4.79 Å². The molecular formula is C20H23NO7S. The molecule has 0 bridgehead atoms. The molecule has 0 N–H and O–H groups in total. The molecule has 156 valence electrons. The zero-order valence-corrected chi connectivity index (χ0v) is 17.1. The molecule has 0 fully saturated rings. The van der Waals surface area contributed by atoms with Crippen molar-refractivity contribution in [3.8, 4) is 11.5 Å². The van der Waals surface area contributed by atoms with Crippen molar-refractivity contribution in [3.05, 3.63) is 53.6 Å². The molecule has 1 heterocycles. The van der Waals surface area contributed by atoms with E-state index in [0.29, 0.717) is 18.8 Å². The predicted molar refractivity (Wildman–Crippen MR) is 105 cm³/mol. The number of fused-ring (bicyclic) bond motifs is 1. The molecule has 9 heteroatoms. The number of sulfonamides is 1. The maximum Gasteiger partial charge on any atom is 0.273 e. The van der Waals surface area contributed by atoms with Gasteiger partial charge in [0.05, 0.1) is 33.5 Å². The van der Waals surface area contributed by atoms with E-state index in [2.05, 4.69) is 0 Å². The van der Waals surface area contributed by atoms with Gasteiger partial charge in [0.15, 0.2) is 0 Å². The Kier molecular flexibility index (Phi) is 6.73. The fourth-order valence-corrected chi connectivity index (χ4v) is 4.67. The van der Waals surface area contributed by atoms with E-state index in [1.54, 1.807) is 31.4 Å². The van der Waals surface area contributed by atoms with E-state index in [-0.39, 0.29) is 41.7 Å². The summed E-state index contributed by atoms with van der Waals surface area (Å²) >= 11 is 0. The number of benzene rings is 2. The quantitative estimate of drug-likeness (QED) is 0.543. The molecule has 29 heavy (non-hydrogen) atoms. The summed E-state index contributed by atoms with van der Waals surface area (Å²) in [6.07, 6.45) is 0. The van der Waals surface area contributed by atoms with Crippen molar-refractivity contribution in [3.63, 3.8) is 0 Å². The summed E-state index contributed by atoms with van der Waals surface area (Å²) in [7, 11) is -1.13. The van der Waals surface area contributed by atoms with E-state index >= 15 is 0 Å². The first-order valence-electron chi connectivity index (χ1n) is 9.02. The van der Waals surface area contributed by atoms with Crippen LogP contribution in [0.15, 0.2) is 47.4 Å². The Bertz CT molecular complexity index is 960. The Morgan fingerprint density at radius 2 is 1.59 bits per heavy atom. The third kappa shape index (κ3) is 4.36. The second-order valence-corrected chi connectivity index (χ2v) is 8.03. The molecule has 1 aliphatic heterocycles. The van der Waals surface area contributed by atoms with Crippen molar-refractivity contribution >= 4 is 15.9 Å². The van der Waals surface area contributed by atoms with Gasteiger partial charge >= 0.3 is 0 Å². The number of carbonyl (C=O) groups excluding carboxylic acids is 1. The number of nitrogens with zero attached hydrogens (tertiary/aromatic N) is 1. The standard InChI is InChI=1S/C20H23NO7S/c1-25-10-11-27-12-13-28-17-9-8-16(26-2)18-19(17)29(23,24)21(20(18)22)14-15-6-4-3-5-7-15/h3-9H,10-14H2,1-2H3. The highest BCUT2D eigenvalue weighted by atomic mass is 32.2. The molecule has 8 nitrogen and oxygen atoms in total. The average Bonchev–Trinajstić information content (AvgIpc) is 2.93. The number of hydrogen-bond donors (Lipinski definition) is 0. The highest BCUT2D eigenvalue weighted by molar-refractivity contribution is 7.90. The van der Waals surface area contributed by atoms with Crippen molar-refractivity contribution < 1.29 is 32.2 Å². The van der Waals surface area contributed by atoms with Crippen LogP contribution in [-0.4, -0.2) is 59.3 Å². The molecule has 0 aromatic heterocycles. The van der Waals surface area contributed by atoms with E-state index in [9.17, 15) is 13.2 Å². The smallest absolute Gasteiger partial charge is 0.273 e. The SMILES string of the molecule is COCCOCCOc1ccc(OC)c2c1S(=O)(=O)N(Cc1ccccc1)C2=O. The predicted octanol–water partition coefficient (Wildman–Crippen LogP) is 2.08. The lowest BCUT2D eigenvalue weighted by Crippen LogP contribution is -2.29. The summed E-state index contributed by atoms with van der Waals surface area (Å²) in [4.78, 5) is 12.8. The average molecular weight is 421 g/mol. The lowest BCUT2D eigenvalue weighted by Gasteiger charge is -2.15. The van der Waals surface area contributed by atoms with Crippen LogP contribution in [0.3, 0.4) is 0 Å². The molecule has 0 saturated carbocycles. The molecule has 0 aliphatic carbocycles. The second-order valence-electron chi connectivity index (χ2n) is 6.23. The van der Waals surface area contributed by atoms with Gasteiger partial charge in [-0.15, -0.1) is 0 Å². The molecular weight excluding hydrogens is 398 g/mol. The van der Waals surface area contributed by atoms with Gasteiger partial charge in [0.25, 0.3) is 15.9 Å². The Hall–Kier alpha value is -2.62. The molecule has 0 saturated heterocycles. The maximum atomic E-state index is 13.2. The summed E-state index contributed by atoms with van der Waals surface area (Å²) in [6.45, 7) is 1.17. The van der Waals surface area contributed by atoms with Crippen LogP contribution < -0.4 is 9.47 Å². The normalized spacial score (nSPS) is 14.7. The second kappa shape index (κ2) is 9.25. The first-order chi connectivity index (χ1) is 14.0. The van der Waals surface area contributed by atoms with Gasteiger partial charge in [-0.1, -0.05) is 30.3 Å². The first-order valence-corrected chi connectivity index (χ1v) is 10.5. The van der Waals surface area contributed by atoms with Crippen molar-refractivity contribution in [2.45, 2.75) is 11.4 Å². The van der Waals surface area contributed by atoms with Gasteiger partial charge in [0.2, 0.25) is 0 Å². The zero-order valence-electron chi connectivity index (χ0n) is 16.3. The Morgan fingerprint density at radius 1 is 0.897 bits per heavy atom. The maximum absolute atomic E-state index is 13.2. The Morgan fingerprint density at radius 3 is 2.28 bits per heavy atom. The summed E-state index contributed by atoms with van der Waals surface area (Å²) < 4.78 is 48.3. The van der Waals surface area contributed by atoms with Crippen LogP contribution in [0.4, 0.5) is 0 Å². The molecule has 0 atom stereocenters. The largest absolute Gasteiger partial charge is 0.496 e. The van der Waals surface area contributed by atoms with Gasteiger partial charge in [0, 0.05) is 7.11 Å². The topological polar surface area (TPSA) is 91.4 Å². The third-order valence-corrected chi connectivity index (χ3v) is 6.17. The molecule has 2 aromatic rings. The highest BCUT2D eigenvalue weighted by Gasteiger charge is 2.46. The van der Waals surface area contributed by atoms with Crippen molar-refractivity contribution in [2.75, 3.05) is 40.6 Å². The fourth-order valence-electron chi connectivity index (χ4n) is 2.99. The van der Waals surface area contributed by atoms with Crippen LogP contribution >= 0.6 is 0 Å². The molecule has 1 amide bonds. The summed E-state index contributed by atoms with van der Waals surface area (Å²) in [5, 5.41) is 0. The van der Waals surface area contributed by atoms with Crippen molar-refractivity contribution in [1.29, 1.82) is 0 Å². The summed E-state index contributed by atoms with van der Waals surface area (Å²) in [5.74, 6) is -0.351. The van der Waals surface area contributed by atoms with E-state index in [0.717, 1.165) is 4.31 Å². The van der Waals surface area contributed by atoms with Crippen molar-refractivity contribution in [2.24, 2.45) is 0 Å². The molecule has 0 radical (unpaired) electrons. The summed E-state index contributed by atoms with van der Waals surface area (Å²) in [5.41, 5.74) is 0.687. The Labute approximate surface area is 170 Å². The number of amides is 1. The number of hydrogen-bond acceptors (Lipinski definition) is 7. The fraction of sp³-hybridized carbons (Fsp3) is 0.350.